The third-order valence-electron chi connectivity index (χ3n) is 5.81. The number of nitrogens with one attached hydrogen (secondary N) is 1. The number of ether oxygens (including phenoxy) is 1. The first-order chi connectivity index (χ1) is 10.3. The lowest BCUT2D eigenvalue weighted by molar-refractivity contribution is 0.181. The van der Waals surface area contributed by atoms with Gasteiger partial charge in [-0.1, -0.05) is 6.42 Å². The SMILES string of the molecule is CN=C(NCCC1CC2CCC1C2)N(C)CC1CCOC1.I. The van der Waals surface area contributed by atoms with Gasteiger partial charge in [0, 0.05) is 39.7 Å². The van der Waals surface area contributed by atoms with Crippen LogP contribution in [0.1, 0.15) is 38.5 Å². The molecule has 2 aliphatic carbocycles. The van der Waals surface area contributed by atoms with Gasteiger partial charge in [-0.2, -0.15) is 0 Å². The van der Waals surface area contributed by atoms with Crippen LogP contribution >= 0.6 is 24.0 Å². The van der Waals surface area contributed by atoms with E-state index in [1.165, 1.54) is 38.5 Å². The summed E-state index contributed by atoms with van der Waals surface area (Å²) in [5.41, 5.74) is 0. The van der Waals surface area contributed by atoms with Crippen LogP contribution in [0.3, 0.4) is 0 Å². The Bertz CT molecular complexity index is 371. The number of halogens is 1. The fraction of sp³-hybridized carbons (Fsp3) is 0.941. The standard InChI is InChI=1S/C17H31N3O.HI/c1-18-17(20(2)11-14-6-8-21-12-14)19-7-5-16-10-13-3-4-15(16)9-13;/h13-16H,3-12H2,1-2H3,(H,18,19);1H. The monoisotopic (exact) mass is 421 g/mol. The summed E-state index contributed by atoms with van der Waals surface area (Å²) in [5, 5.41) is 3.56. The van der Waals surface area contributed by atoms with Crippen molar-refractivity contribution in [1.29, 1.82) is 0 Å². The Labute approximate surface area is 152 Å². The molecule has 3 aliphatic rings. The van der Waals surface area contributed by atoms with E-state index in [9.17, 15) is 0 Å². The lowest BCUT2D eigenvalue weighted by atomic mass is 9.86. The molecule has 0 radical (unpaired) electrons. The van der Waals surface area contributed by atoms with Crippen molar-refractivity contribution in [2.24, 2.45) is 28.7 Å². The smallest absolute Gasteiger partial charge is 0.193 e. The molecule has 5 heteroatoms. The zero-order chi connectivity index (χ0) is 14.7. The van der Waals surface area contributed by atoms with Crippen molar-refractivity contribution in [3.63, 3.8) is 0 Å². The number of guanidine groups is 1. The number of fused-ring (bicyclic) bond motifs is 2. The lowest BCUT2D eigenvalue weighted by Crippen LogP contribution is -2.42. The van der Waals surface area contributed by atoms with Gasteiger partial charge in [0.05, 0.1) is 6.61 Å². The minimum atomic E-state index is 0. The minimum Gasteiger partial charge on any atom is -0.381 e. The van der Waals surface area contributed by atoms with Crippen molar-refractivity contribution in [2.45, 2.75) is 38.5 Å². The number of aliphatic imine (C=N–C) groups is 1. The summed E-state index contributed by atoms with van der Waals surface area (Å²) in [6, 6.07) is 0. The molecule has 0 aromatic carbocycles. The van der Waals surface area contributed by atoms with E-state index < -0.39 is 0 Å². The predicted octanol–water partition coefficient (Wildman–Crippen LogP) is 2.97. The fourth-order valence-electron chi connectivity index (χ4n) is 4.69. The van der Waals surface area contributed by atoms with Gasteiger partial charge in [0.15, 0.2) is 5.96 Å². The Morgan fingerprint density at radius 1 is 1.27 bits per heavy atom. The van der Waals surface area contributed by atoms with Crippen LogP contribution in [-0.2, 0) is 4.74 Å². The topological polar surface area (TPSA) is 36.9 Å². The van der Waals surface area contributed by atoms with Crippen molar-refractivity contribution in [3.05, 3.63) is 0 Å². The van der Waals surface area contributed by atoms with E-state index in [1.807, 2.05) is 7.05 Å². The van der Waals surface area contributed by atoms with Crippen molar-refractivity contribution in [1.82, 2.24) is 10.2 Å². The average Bonchev–Trinajstić information content (AvgIpc) is 3.20. The van der Waals surface area contributed by atoms with E-state index in [1.54, 1.807) is 0 Å². The molecule has 1 saturated heterocycles. The highest BCUT2D eigenvalue weighted by Crippen LogP contribution is 2.49. The van der Waals surface area contributed by atoms with E-state index in [4.69, 9.17) is 4.74 Å². The van der Waals surface area contributed by atoms with E-state index in [0.29, 0.717) is 5.92 Å². The summed E-state index contributed by atoms with van der Waals surface area (Å²) in [4.78, 5) is 6.70. The molecule has 3 rings (SSSR count). The summed E-state index contributed by atoms with van der Waals surface area (Å²) >= 11 is 0. The molecule has 0 spiro atoms. The molecule has 4 nitrogen and oxygen atoms in total. The van der Waals surface area contributed by atoms with E-state index >= 15 is 0 Å². The highest BCUT2D eigenvalue weighted by molar-refractivity contribution is 14.0. The first-order valence-corrected chi connectivity index (χ1v) is 8.75. The highest BCUT2D eigenvalue weighted by Gasteiger charge is 2.38. The minimum absolute atomic E-state index is 0. The molecule has 2 bridgehead atoms. The van der Waals surface area contributed by atoms with Crippen LogP contribution in [-0.4, -0.2) is 51.3 Å². The molecule has 2 saturated carbocycles. The van der Waals surface area contributed by atoms with Gasteiger partial charge in [-0.3, -0.25) is 4.99 Å². The zero-order valence-electron chi connectivity index (χ0n) is 14.1. The molecule has 3 fully saturated rings. The number of nitrogens with zero attached hydrogens (tertiary/aromatic N) is 2. The average molecular weight is 421 g/mol. The maximum Gasteiger partial charge on any atom is 0.193 e. The van der Waals surface area contributed by atoms with E-state index in [-0.39, 0.29) is 24.0 Å². The molecule has 1 aliphatic heterocycles. The molecule has 4 unspecified atom stereocenters. The van der Waals surface area contributed by atoms with Gasteiger partial charge < -0.3 is 15.0 Å². The summed E-state index contributed by atoms with van der Waals surface area (Å²) < 4.78 is 5.46. The van der Waals surface area contributed by atoms with Crippen molar-refractivity contribution < 1.29 is 4.74 Å². The van der Waals surface area contributed by atoms with Gasteiger partial charge >= 0.3 is 0 Å². The van der Waals surface area contributed by atoms with Crippen LogP contribution in [0.5, 0.6) is 0 Å². The first-order valence-electron chi connectivity index (χ1n) is 8.75. The summed E-state index contributed by atoms with van der Waals surface area (Å²) in [5.74, 6) is 4.78. The van der Waals surface area contributed by atoms with Crippen LogP contribution in [0.15, 0.2) is 4.99 Å². The van der Waals surface area contributed by atoms with Crippen LogP contribution in [0.2, 0.25) is 0 Å². The third-order valence-corrected chi connectivity index (χ3v) is 5.81. The predicted molar refractivity (Wildman–Crippen MR) is 102 cm³/mol. The number of hydrogen-bond donors (Lipinski definition) is 1. The molecule has 1 heterocycles. The maximum absolute atomic E-state index is 5.46. The molecule has 0 amide bonds. The Hall–Kier alpha value is -0.0400. The van der Waals surface area contributed by atoms with Crippen LogP contribution in [0.4, 0.5) is 0 Å². The molecule has 128 valence electrons. The maximum atomic E-state index is 5.46. The second-order valence-corrected chi connectivity index (χ2v) is 7.31. The quantitative estimate of drug-likeness (QED) is 0.421. The number of rotatable bonds is 5. The largest absolute Gasteiger partial charge is 0.381 e. The van der Waals surface area contributed by atoms with Gasteiger partial charge in [-0.15, -0.1) is 24.0 Å². The van der Waals surface area contributed by atoms with Crippen molar-refractivity contribution in [3.8, 4) is 0 Å². The van der Waals surface area contributed by atoms with Crippen molar-refractivity contribution in [2.75, 3.05) is 40.4 Å². The number of hydrogen-bond acceptors (Lipinski definition) is 2. The summed E-state index contributed by atoms with van der Waals surface area (Å²) in [7, 11) is 4.03. The van der Waals surface area contributed by atoms with E-state index in [2.05, 4.69) is 22.3 Å². The molecule has 4 atom stereocenters. The Morgan fingerprint density at radius 2 is 2.14 bits per heavy atom. The normalized spacial score (nSPS) is 33.8. The molecule has 0 aromatic heterocycles. The zero-order valence-corrected chi connectivity index (χ0v) is 16.4. The van der Waals surface area contributed by atoms with Crippen LogP contribution in [0, 0.1) is 23.7 Å². The lowest BCUT2D eigenvalue weighted by Gasteiger charge is -2.26. The fourth-order valence-corrected chi connectivity index (χ4v) is 4.69. The van der Waals surface area contributed by atoms with Gasteiger partial charge in [-0.25, -0.2) is 0 Å². The Kier molecular flexibility index (Phi) is 7.25. The van der Waals surface area contributed by atoms with E-state index in [0.717, 1.165) is 50.0 Å². The Balaban J connectivity index is 0.00000176. The molecular formula is C17H32IN3O. The van der Waals surface area contributed by atoms with Crippen LogP contribution < -0.4 is 5.32 Å². The Morgan fingerprint density at radius 3 is 2.73 bits per heavy atom. The van der Waals surface area contributed by atoms with Gasteiger partial charge in [0.25, 0.3) is 0 Å². The molecule has 0 aromatic rings. The van der Waals surface area contributed by atoms with Crippen molar-refractivity contribution >= 4 is 29.9 Å². The second-order valence-electron chi connectivity index (χ2n) is 7.31. The molecule has 22 heavy (non-hydrogen) atoms. The first kappa shape index (κ1) is 18.3. The summed E-state index contributed by atoms with van der Waals surface area (Å²) in [6.45, 7) is 3.96. The summed E-state index contributed by atoms with van der Waals surface area (Å²) in [6.07, 6.45) is 8.50. The molecular weight excluding hydrogens is 389 g/mol. The van der Waals surface area contributed by atoms with Crippen LogP contribution in [0.25, 0.3) is 0 Å². The van der Waals surface area contributed by atoms with Gasteiger partial charge in [0.2, 0.25) is 0 Å². The second kappa shape index (κ2) is 8.71. The van der Waals surface area contributed by atoms with Gasteiger partial charge in [-0.05, 0) is 49.9 Å². The highest BCUT2D eigenvalue weighted by atomic mass is 127. The molecule has 1 N–H and O–H groups in total. The third kappa shape index (κ3) is 4.49. The van der Waals surface area contributed by atoms with Gasteiger partial charge in [0.1, 0.15) is 0 Å².